The number of rotatable bonds is 3. The molecular formula is C18H23NO2. The van der Waals surface area contributed by atoms with E-state index in [-0.39, 0.29) is 10.8 Å². The molecule has 1 aromatic carbocycles. The molecule has 0 saturated heterocycles. The highest BCUT2D eigenvalue weighted by Gasteiger charge is 2.59. The lowest BCUT2D eigenvalue weighted by Crippen LogP contribution is -2.33. The molecule has 21 heavy (non-hydrogen) atoms. The van der Waals surface area contributed by atoms with Crippen LogP contribution >= 0.6 is 0 Å². The lowest BCUT2D eigenvalue weighted by Gasteiger charge is -2.35. The van der Waals surface area contributed by atoms with Crippen molar-refractivity contribution < 1.29 is 9.90 Å². The minimum absolute atomic E-state index is 0.0557. The molecule has 3 atom stereocenters. The van der Waals surface area contributed by atoms with E-state index in [1.807, 2.05) is 30.3 Å². The van der Waals surface area contributed by atoms with Crippen LogP contribution < -0.4 is 0 Å². The highest BCUT2D eigenvalue weighted by molar-refractivity contribution is 5.96. The van der Waals surface area contributed by atoms with Gasteiger partial charge in [-0.2, -0.15) is 0 Å². The van der Waals surface area contributed by atoms with E-state index in [0.717, 1.165) is 24.1 Å². The predicted octanol–water partition coefficient (Wildman–Crippen LogP) is 4.10. The number of hydrogen-bond acceptors (Lipinski definition) is 2. The third-order valence-corrected chi connectivity index (χ3v) is 6.15. The van der Waals surface area contributed by atoms with Crippen LogP contribution in [0.15, 0.2) is 35.3 Å². The van der Waals surface area contributed by atoms with Crippen LogP contribution in [0.2, 0.25) is 0 Å². The molecule has 1 N–H and O–H groups in total. The van der Waals surface area contributed by atoms with Crippen molar-refractivity contribution in [3.63, 3.8) is 0 Å². The second kappa shape index (κ2) is 4.69. The molecule has 2 aliphatic rings. The summed E-state index contributed by atoms with van der Waals surface area (Å²) >= 11 is 0. The van der Waals surface area contributed by atoms with Crippen LogP contribution in [0.4, 0.5) is 0 Å². The number of carboxylic acids is 1. The molecule has 3 nitrogen and oxygen atoms in total. The van der Waals surface area contributed by atoms with Crippen molar-refractivity contribution >= 4 is 11.7 Å². The number of benzene rings is 1. The maximum atomic E-state index is 11.7. The summed E-state index contributed by atoms with van der Waals surface area (Å²) in [4.78, 5) is 16.4. The average molecular weight is 285 g/mol. The molecule has 1 aromatic rings. The standard InChI is InChI=1S/C18H23NO2/c1-17(2)13-9-10-18(17,3)14(11-13)19-15(16(20)21)12-7-5-4-6-8-12/h4-8,13,15H,9-11H2,1-3H3,(H,20,21)/t13-,15+,18+/m1/s1. The van der Waals surface area contributed by atoms with Crippen LogP contribution in [0.5, 0.6) is 0 Å². The van der Waals surface area contributed by atoms with Crippen LogP contribution in [0.3, 0.4) is 0 Å². The van der Waals surface area contributed by atoms with Gasteiger partial charge < -0.3 is 5.11 Å². The zero-order valence-corrected chi connectivity index (χ0v) is 13.0. The van der Waals surface area contributed by atoms with E-state index in [1.54, 1.807) is 0 Å². The van der Waals surface area contributed by atoms with Crippen molar-refractivity contribution in [2.24, 2.45) is 21.7 Å². The van der Waals surface area contributed by atoms with Gasteiger partial charge in [0, 0.05) is 11.1 Å². The van der Waals surface area contributed by atoms with E-state index >= 15 is 0 Å². The number of aliphatic carboxylic acids is 1. The molecule has 0 spiro atoms. The minimum Gasteiger partial charge on any atom is -0.479 e. The largest absolute Gasteiger partial charge is 0.479 e. The first kappa shape index (κ1) is 14.3. The average Bonchev–Trinajstić information content (AvgIpc) is 2.78. The first-order valence-corrected chi connectivity index (χ1v) is 7.71. The molecule has 3 rings (SSSR count). The Morgan fingerprint density at radius 2 is 1.95 bits per heavy atom. The van der Waals surface area contributed by atoms with Crippen LogP contribution in [-0.4, -0.2) is 16.8 Å². The Morgan fingerprint density at radius 1 is 1.29 bits per heavy atom. The van der Waals surface area contributed by atoms with Gasteiger partial charge in [0.05, 0.1) is 0 Å². The molecule has 0 heterocycles. The van der Waals surface area contributed by atoms with Gasteiger partial charge in [-0.25, -0.2) is 4.79 Å². The molecule has 0 unspecified atom stereocenters. The summed E-state index contributed by atoms with van der Waals surface area (Å²) in [5.74, 6) is -0.218. The molecule has 2 saturated carbocycles. The monoisotopic (exact) mass is 285 g/mol. The highest BCUT2D eigenvalue weighted by Crippen LogP contribution is 2.64. The fourth-order valence-corrected chi connectivity index (χ4v) is 4.19. The summed E-state index contributed by atoms with van der Waals surface area (Å²) < 4.78 is 0. The van der Waals surface area contributed by atoms with Gasteiger partial charge in [0.2, 0.25) is 0 Å². The Balaban J connectivity index is 1.99. The summed E-state index contributed by atoms with van der Waals surface area (Å²) in [6, 6.07) is 8.58. The number of aliphatic imine (C=N–C) groups is 1. The van der Waals surface area contributed by atoms with Crippen LogP contribution in [0.25, 0.3) is 0 Å². The van der Waals surface area contributed by atoms with Crippen LogP contribution in [0, 0.1) is 16.7 Å². The smallest absolute Gasteiger partial charge is 0.333 e. The van der Waals surface area contributed by atoms with Gasteiger partial charge in [-0.3, -0.25) is 4.99 Å². The Kier molecular flexibility index (Phi) is 3.19. The number of carboxylic acid groups (broad SMARTS) is 1. The summed E-state index contributed by atoms with van der Waals surface area (Å²) in [7, 11) is 0. The maximum Gasteiger partial charge on any atom is 0.333 e. The fraction of sp³-hybridized carbons (Fsp3) is 0.556. The molecule has 0 aromatic heterocycles. The lowest BCUT2D eigenvalue weighted by molar-refractivity contribution is -0.138. The Morgan fingerprint density at radius 3 is 2.43 bits per heavy atom. The summed E-state index contributed by atoms with van der Waals surface area (Å²) in [5.41, 5.74) is 2.16. The van der Waals surface area contributed by atoms with Crippen molar-refractivity contribution in [1.29, 1.82) is 0 Å². The number of nitrogens with zero attached hydrogens (tertiary/aromatic N) is 1. The molecule has 0 aliphatic heterocycles. The van der Waals surface area contributed by atoms with E-state index in [9.17, 15) is 9.90 Å². The van der Waals surface area contributed by atoms with Crippen molar-refractivity contribution in [1.82, 2.24) is 0 Å². The predicted molar refractivity (Wildman–Crippen MR) is 83.5 cm³/mol. The molecular weight excluding hydrogens is 262 g/mol. The molecule has 2 fully saturated rings. The summed E-state index contributed by atoms with van der Waals surface area (Å²) in [5, 5.41) is 9.56. The second-order valence-electron chi connectivity index (χ2n) is 7.22. The van der Waals surface area contributed by atoms with Gasteiger partial charge in [-0.15, -0.1) is 0 Å². The molecule has 3 heteroatoms. The number of hydrogen-bond donors (Lipinski definition) is 1. The van der Waals surface area contributed by atoms with Gasteiger partial charge >= 0.3 is 5.97 Å². The molecule has 0 amide bonds. The Bertz CT molecular complexity index is 590. The Labute approximate surface area is 126 Å². The van der Waals surface area contributed by atoms with Crippen molar-refractivity contribution in [2.45, 2.75) is 46.1 Å². The van der Waals surface area contributed by atoms with Crippen molar-refractivity contribution in [3.8, 4) is 0 Å². The van der Waals surface area contributed by atoms with Gasteiger partial charge in [-0.1, -0.05) is 51.1 Å². The van der Waals surface area contributed by atoms with Crippen molar-refractivity contribution in [3.05, 3.63) is 35.9 Å². The zero-order chi connectivity index (χ0) is 15.3. The van der Waals surface area contributed by atoms with E-state index < -0.39 is 12.0 Å². The fourth-order valence-electron chi connectivity index (χ4n) is 4.19. The van der Waals surface area contributed by atoms with Crippen LogP contribution in [0.1, 0.15) is 51.6 Å². The Hall–Kier alpha value is -1.64. The first-order valence-electron chi connectivity index (χ1n) is 7.71. The molecule has 0 radical (unpaired) electrons. The van der Waals surface area contributed by atoms with Crippen LogP contribution in [-0.2, 0) is 4.79 Å². The van der Waals surface area contributed by atoms with E-state index in [2.05, 4.69) is 20.8 Å². The third kappa shape index (κ3) is 2.02. The normalized spacial score (nSPS) is 33.3. The summed E-state index contributed by atoms with van der Waals surface area (Å²) in [6.07, 6.45) is 3.33. The lowest BCUT2D eigenvalue weighted by atomic mass is 9.70. The van der Waals surface area contributed by atoms with Gasteiger partial charge in [0.25, 0.3) is 0 Å². The SMILES string of the molecule is CC1(C)[C@@H]2CC[C@@]1(C)C(=N[C@H](C(=O)O)c1ccccc1)C2. The first-order chi connectivity index (χ1) is 9.86. The minimum atomic E-state index is -0.863. The zero-order valence-electron chi connectivity index (χ0n) is 13.0. The molecule has 112 valence electrons. The number of carbonyl (C=O) groups is 1. The van der Waals surface area contributed by atoms with E-state index in [4.69, 9.17) is 4.99 Å². The molecule has 2 bridgehead atoms. The van der Waals surface area contributed by atoms with E-state index in [0.29, 0.717) is 5.92 Å². The molecule has 2 aliphatic carbocycles. The van der Waals surface area contributed by atoms with Gasteiger partial charge in [0.15, 0.2) is 6.04 Å². The highest BCUT2D eigenvalue weighted by atomic mass is 16.4. The summed E-state index contributed by atoms with van der Waals surface area (Å²) in [6.45, 7) is 6.89. The van der Waals surface area contributed by atoms with Gasteiger partial charge in [0.1, 0.15) is 0 Å². The van der Waals surface area contributed by atoms with Crippen molar-refractivity contribution in [2.75, 3.05) is 0 Å². The second-order valence-corrected chi connectivity index (χ2v) is 7.22. The van der Waals surface area contributed by atoms with Gasteiger partial charge in [-0.05, 0) is 36.2 Å². The number of fused-ring (bicyclic) bond motifs is 2. The van der Waals surface area contributed by atoms with E-state index in [1.165, 1.54) is 6.42 Å². The quantitative estimate of drug-likeness (QED) is 0.909. The maximum absolute atomic E-state index is 11.7. The third-order valence-electron chi connectivity index (χ3n) is 6.15. The topological polar surface area (TPSA) is 49.7 Å².